The number of rotatable bonds is 40. The third kappa shape index (κ3) is 45.9. The van der Waals surface area contributed by atoms with Crippen LogP contribution in [0.5, 0.6) is 0 Å². The van der Waals surface area contributed by atoms with Crippen molar-refractivity contribution in [2.75, 3.05) is 47.5 Å². The lowest BCUT2D eigenvalue weighted by Crippen LogP contribution is -2.37. The van der Waals surface area contributed by atoms with Crippen LogP contribution in [0.15, 0.2) is 122 Å². The molecule has 0 aromatic carbocycles. The molecule has 9 nitrogen and oxygen atoms in total. The van der Waals surface area contributed by atoms with E-state index in [0.717, 1.165) is 51.4 Å². The molecule has 0 aromatic heterocycles. The molecule has 0 aliphatic heterocycles. The number of phosphoric ester groups is 1. The van der Waals surface area contributed by atoms with E-state index in [4.69, 9.17) is 18.5 Å². The Morgan fingerprint density at radius 1 is 0.500 bits per heavy atom. The molecule has 2 atom stereocenters. The Morgan fingerprint density at radius 2 is 0.855 bits per heavy atom. The number of phosphoric acid groups is 1. The van der Waals surface area contributed by atoms with E-state index < -0.39 is 32.5 Å². The molecule has 0 rings (SSSR count). The van der Waals surface area contributed by atoms with Crippen LogP contribution >= 0.6 is 7.82 Å². The molecule has 0 fully saturated rings. The van der Waals surface area contributed by atoms with Crippen molar-refractivity contribution < 1.29 is 42.1 Å². The summed E-state index contributed by atoms with van der Waals surface area (Å²) in [6, 6.07) is 0. The van der Waals surface area contributed by atoms with Gasteiger partial charge in [0.05, 0.1) is 27.7 Å². The number of carbonyl (C=O) groups excluding carboxylic acids is 2. The van der Waals surface area contributed by atoms with Gasteiger partial charge in [-0.1, -0.05) is 161 Å². The molecule has 0 amide bonds. The number of nitrogens with zero attached hydrogens (tertiary/aromatic N) is 1. The summed E-state index contributed by atoms with van der Waals surface area (Å²) in [7, 11) is 1.06. The van der Waals surface area contributed by atoms with Gasteiger partial charge in [-0.15, -0.1) is 0 Å². The number of hydrogen-bond acceptors (Lipinski definition) is 8. The molecule has 10 heteroatoms. The number of quaternary nitrogens is 1. The first-order valence-electron chi connectivity index (χ1n) is 23.2. The quantitative estimate of drug-likeness (QED) is 0.0197. The van der Waals surface area contributed by atoms with Gasteiger partial charge >= 0.3 is 11.9 Å². The zero-order chi connectivity index (χ0) is 45.7. The highest BCUT2D eigenvalue weighted by Gasteiger charge is 2.21. The summed E-state index contributed by atoms with van der Waals surface area (Å²) in [4.78, 5) is 37.5. The number of unbranched alkanes of at least 4 members (excludes halogenated alkanes) is 6. The molecule has 0 saturated carbocycles. The van der Waals surface area contributed by atoms with Gasteiger partial charge in [0, 0.05) is 12.8 Å². The summed E-state index contributed by atoms with van der Waals surface area (Å²) in [5.41, 5.74) is 0. The predicted octanol–water partition coefficient (Wildman–Crippen LogP) is 13.1. The lowest BCUT2D eigenvalue weighted by molar-refractivity contribution is -0.870. The predicted molar refractivity (Wildman–Crippen MR) is 258 cm³/mol. The second kappa shape index (κ2) is 42.7. The first-order chi connectivity index (χ1) is 30.0. The normalized spacial score (nSPS) is 14.6. The second-order valence-corrected chi connectivity index (χ2v) is 17.5. The van der Waals surface area contributed by atoms with E-state index in [2.05, 4.69) is 111 Å². The Balaban J connectivity index is 4.60. The molecule has 0 bridgehead atoms. The molecule has 0 aliphatic rings. The molecule has 0 aromatic rings. The molecule has 0 radical (unpaired) electrons. The topological polar surface area (TPSA) is 111 Å². The molecule has 0 saturated heterocycles. The largest absolute Gasteiger partial charge is 0.756 e. The Morgan fingerprint density at radius 3 is 1.23 bits per heavy atom. The van der Waals surface area contributed by atoms with E-state index in [-0.39, 0.29) is 26.1 Å². The molecule has 1 unspecified atom stereocenters. The van der Waals surface area contributed by atoms with E-state index >= 15 is 0 Å². The third-order valence-electron chi connectivity index (χ3n) is 8.98. The number of ether oxygens (including phenoxy) is 2. The fraction of sp³-hybridized carbons (Fsp3) is 0.577. The zero-order valence-electron chi connectivity index (χ0n) is 39.3. The average molecular weight is 882 g/mol. The third-order valence-corrected chi connectivity index (χ3v) is 9.95. The fourth-order valence-electron chi connectivity index (χ4n) is 5.32. The molecular formula is C52H84NO8P. The van der Waals surface area contributed by atoms with Gasteiger partial charge in [0.25, 0.3) is 7.82 Å². The van der Waals surface area contributed by atoms with Gasteiger partial charge in [-0.3, -0.25) is 14.2 Å². The van der Waals surface area contributed by atoms with Crippen LogP contribution in [-0.4, -0.2) is 70.0 Å². The van der Waals surface area contributed by atoms with Crippen LogP contribution in [0.1, 0.15) is 142 Å². The lowest BCUT2D eigenvalue weighted by Gasteiger charge is -2.28. The molecule has 0 spiro atoms. The summed E-state index contributed by atoms with van der Waals surface area (Å²) in [5.74, 6) is -1.04. The minimum Gasteiger partial charge on any atom is -0.756 e. The van der Waals surface area contributed by atoms with E-state index in [1.807, 2.05) is 45.4 Å². The Labute approximate surface area is 378 Å². The Kier molecular flexibility index (Phi) is 40.2. The molecule has 350 valence electrons. The summed E-state index contributed by atoms with van der Waals surface area (Å²) >= 11 is 0. The van der Waals surface area contributed by atoms with Crippen molar-refractivity contribution in [3.63, 3.8) is 0 Å². The number of allylic oxidation sites excluding steroid dienone is 20. The fourth-order valence-corrected chi connectivity index (χ4v) is 6.05. The SMILES string of the molecule is CCCCC/C=C/C/C=C/C/C=C/C/C=C/C/C=C/CCC(=O)OC[C@H](COP(=O)([O-])OCC[N+](C)(C)C)OC(=O)CC/C=C/C/C=C/C/C=C/C/C=C/C/C=C/CCCCC. The summed E-state index contributed by atoms with van der Waals surface area (Å²) in [6.45, 7) is 3.97. The van der Waals surface area contributed by atoms with Crippen molar-refractivity contribution in [1.82, 2.24) is 0 Å². The number of esters is 2. The highest BCUT2D eigenvalue weighted by atomic mass is 31.2. The molecular weight excluding hydrogens is 798 g/mol. The van der Waals surface area contributed by atoms with E-state index in [1.54, 1.807) is 0 Å². The van der Waals surface area contributed by atoms with Crippen LogP contribution in [0, 0.1) is 0 Å². The van der Waals surface area contributed by atoms with E-state index in [1.165, 1.54) is 51.4 Å². The first-order valence-corrected chi connectivity index (χ1v) is 24.7. The standard InChI is InChI=1S/C52H84NO8P/c1-6-8-10-12-14-16-18-20-22-24-26-28-30-32-34-36-38-40-42-44-51(54)58-48-50(49-60-62(56,57)59-47-46-53(3,4)5)61-52(55)45-43-41-39-37-35-33-31-29-27-25-23-21-19-17-15-13-11-9-7-2/h14-17,20-23,26-29,32-35,38-41,50H,6-13,18-19,24-25,30-31,36-37,42-49H2,1-5H3/b16-14+,17-15+,22-20+,23-21+,28-26+,29-27+,34-32+,35-33+,40-38+,41-39+/t50-/m1/s1. The van der Waals surface area contributed by atoms with Crippen LogP contribution in [0.3, 0.4) is 0 Å². The van der Waals surface area contributed by atoms with Crippen molar-refractivity contribution in [1.29, 1.82) is 0 Å². The summed E-state index contributed by atoms with van der Waals surface area (Å²) in [6.07, 6.45) is 59.7. The second-order valence-electron chi connectivity index (χ2n) is 16.1. The van der Waals surface area contributed by atoms with Gasteiger partial charge in [-0.2, -0.15) is 0 Å². The summed E-state index contributed by atoms with van der Waals surface area (Å²) < 4.78 is 33.7. The Hall–Kier alpha value is -3.59. The van der Waals surface area contributed by atoms with Gasteiger partial charge in [0.15, 0.2) is 6.10 Å². The highest BCUT2D eigenvalue weighted by molar-refractivity contribution is 7.45. The number of likely N-dealkylation sites (N-methyl/N-ethyl adjacent to an activating group) is 1. The van der Waals surface area contributed by atoms with Crippen molar-refractivity contribution >= 4 is 19.8 Å². The van der Waals surface area contributed by atoms with Crippen molar-refractivity contribution in [2.24, 2.45) is 0 Å². The Bertz CT molecular complexity index is 1460. The van der Waals surface area contributed by atoms with E-state index in [9.17, 15) is 19.0 Å². The molecule has 0 aliphatic carbocycles. The van der Waals surface area contributed by atoms with Crippen LogP contribution in [0.2, 0.25) is 0 Å². The van der Waals surface area contributed by atoms with Gasteiger partial charge < -0.3 is 27.9 Å². The first kappa shape index (κ1) is 58.4. The van der Waals surface area contributed by atoms with Crippen LogP contribution in [0.25, 0.3) is 0 Å². The van der Waals surface area contributed by atoms with Crippen LogP contribution < -0.4 is 4.89 Å². The van der Waals surface area contributed by atoms with Crippen molar-refractivity contribution in [3.8, 4) is 0 Å². The van der Waals surface area contributed by atoms with E-state index in [0.29, 0.717) is 23.9 Å². The smallest absolute Gasteiger partial charge is 0.306 e. The zero-order valence-corrected chi connectivity index (χ0v) is 40.1. The number of carbonyl (C=O) groups is 2. The maximum absolute atomic E-state index is 12.7. The van der Waals surface area contributed by atoms with Gasteiger partial charge in [0.2, 0.25) is 0 Å². The minimum atomic E-state index is -4.67. The maximum Gasteiger partial charge on any atom is 0.306 e. The van der Waals surface area contributed by atoms with Crippen LogP contribution in [-0.2, 0) is 32.7 Å². The maximum atomic E-state index is 12.7. The van der Waals surface area contributed by atoms with Gasteiger partial charge in [-0.05, 0) is 89.9 Å². The lowest BCUT2D eigenvalue weighted by atomic mass is 10.2. The molecule has 0 heterocycles. The summed E-state index contributed by atoms with van der Waals surface area (Å²) in [5, 5.41) is 0. The van der Waals surface area contributed by atoms with Crippen molar-refractivity contribution in [3.05, 3.63) is 122 Å². The number of hydrogen-bond donors (Lipinski definition) is 0. The highest BCUT2D eigenvalue weighted by Crippen LogP contribution is 2.38. The minimum absolute atomic E-state index is 0.0625. The monoisotopic (exact) mass is 882 g/mol. The van der Waals surface area contributed by atoms with Crippen molar-refractivity contribution in [2.45, 2.75) is 148 Å². The van der Waals surface area contributed by atoms with Crippen LogP contribution in [0.4, 0.5) is 0 Å². The van der Waals surface area contributed by atoms with Gasteiger partial charge in [0.1, 0.15) is 19.8 Å². The average Bonchev–Trinajstić information content (AvgIpc) is 3.23. The molecule has 62 heavy (non-hydrogen) atoms. The van der Waals surface area contributed by atoms with Gasteiger partial charge in [-0.25, -0.2) is 0 Å². The molecule has 0 N–H and O–H groups in total.